The predicted octanol–water partition coefficient (Wildman–Crippen LogP) is -0.875. The fourth-order valence-corrected chi connectivity index (χ4v) is 4.10. The molecule has 0 spiro atoms. The van der Waals surface area contributed by atoms with E-state index in [-0.39, 0.29) is 37.9 Å². The second-order valence-corrected chi connectivity index (χ2v) is 9.67. The summed E-state index contributed by atoms with van der Waals surface area (Å²) in [7, 11) is 0. The van der Waals surface area contributed by atoms with Crippen LogP contribution in [0.1, 0.15) is 48.9 Å². The summed E-state index contributed by atoms with van der Waals surface area (Å²) in [5.41, 5.74) is 17.7. The third-order valence-electron chi connectivity index (χ3n) is 6.34. The summed E-state index contributed by atoms with van der Waals surface area (Å²) in [4.78, 5) is 51.8. The number of rotatable bonds is 17. The van der Waals surface area contributed by atoms with Crippen molar-refractivity contribution in [2.45, 2.75) is 49.9 Å². The zero-order valence-electron chi connectivity index (χ0n) is 23.6. The molecule has 15 heteroatoms. The minimum absolute atomic E-state index is 0.0357. The second kappa shape index (κ2) is 17.6. The van der Waals surface area contributed by atoms with E-state index in [0.29, 0.717) is 24.0 Å². The number of carboxylic acids is 1. The van der Waals surface area contributed by atoms with E-state index in [9.17, 15) is 24.3 Å². The normalized spacial score (nSPS) is 13.3. The Morgan fingerprint density at radius 3 is 1.63 bits per heavy atom. The highest BCUT2D eigenvalue weighted by Gasteiger charge is 2.31. The molecule has 0 bridgehead atoms. The van der Waals surface area contributed by atoms with Gasteiger partial charge in [-0.2, -0.15) is 0 Å². The van der Waals surface area contributed by atoms with E-state index in [1.165, 1.54) is 0 Å². The quantitative estimate of drug-likeness (QED) is 0.0609. The van der Waals surface area contributed by atoms with E-state index in [0.717, 1.165) is 0 Å². The molecule has 232 valence electrons. The monoisotopic (exact) mass is 596 g/mol. The Hall–Kier alpha value is -5.18. The highest BCUT2D eigenvalue weighted by molar-refractivity contribution is 5.94. The third kappa shape index (κ3) is 12.1. The Bertz CT molecular complexity index is 1250. The number of guanidine groups is 2. The van der Waals surface area contributed by atoms with Crippen LogP contribution in [0, 0.1) is 10.8 Å². The number of carbonyl (C=O) groups is 4. The Morgan fingerprint density at radius 2 is 1.14 bits per heavy atom. The van der Waals surface area contributed by atoms with Crippen LogP contribution in [0.3, 0.4) is 0 Å². The lowest BCUT2D eigenvalue weighted by atomic mass is 10.0. The zero-order valence-corrected chi connectivity index (χ0v) is 23.6. The van der Waals surface area contributed by atoms with Crippen molar-refractivity contribution in [2.24, 2.45) is 17.2 Å². The number of hydrogen-bond donors (Lipinski definition) is 11. The van der Waals surface area contributed by atoms with E-state index in [2.05, 4.69) is 26.6 Å². The molecule has 0 saturated heterocycles. The first-order valence-corrected chi connectivity index (χ1v) is 13.6. The van der Waals surface area contributed by atoms with Gasteiger partial charge in [-0.25, -0.2) is 4.79 Å². The van der Waals surface area contributed by atoms with Crippen molar-refractivity contribution in [1.29, 1.82) is 10.8 Å². The maximum Gasteiger partial charge on any atom is 0.326 e. The number of benzene rings is 2. The summed E-state index contributed by atoms with van der Waals surface area (Å²) in [6.45, 7) is 0.453. The summed E-state index contributed by atoms with van der Waals surface area (Å²) in [5.74, 6) is -3.88. The van der Waals surface area contributed by atoms with Crippen LogP contribution >= 0.6 is 0 Å². The average molecular weight is 597 g/mol. The molecular weight excluding hydrogens is 556 g/mol. The molecule has 0 aromatic heterocycles. The highest BCUT2D eigenvalue weighted by atomic mass is 16.4. The van der Waals surface area contributed by atoms with Crippen molar-refractivity contribution in [3.63, 3.8) is 0 Å². The number of carbonyl (C=O) groups excluding carboxylic acids is 3. The van der Waals surface area contributed by atoms with Crippen LogP contribution in [0.15, 0.2) is 60.7 Å². The Balaban J connectivity index is 2.23. The third-order valence-corrected chi connectivity index (χ3v) is 6.34. The molecule has 14 N–H and O–H groups in total. The van der Waals surface area contributed by atoms with Gasteiger partial charge in [-0.05, 0) is 36.8 Å². The van der Waals surface area contributed by atoms with Gasteiger partial charge >= 0.3 is 5.97 Å². The fourth-order valence-electron chi connectivity index (χ4n) is 4.10. The summed E-state index contributed by atoms with van der Waals surface area (Å²) >= 11 is 0. The molecule has 2 rings (SSSR count). The van der Waals surface area contributed by atoms with Gasteiger partial charge in [0.15, 0.2) is 11.9 Å². The van der Waals surface area contributed by atoms with E-state index in [1.807, 2.05) is 0 Å². The number of amides is 3. The van der Waals surface area contributed by atoms with Crippen molar-refractivity contribution >= 4 is 35.6 Å². The van der Waals surface area contributed by atoms with Gasteiger partial charge in [0.25, 0.3) is 0 Å². The molecule has 15 nitrogen and oxygen atoms in total. The largest absolute Gasteiger partial charge is 0.480 e. The fraction of sp³-hybridized carbons (Fsp3) is 0.357. The van der Waals surface area contributed by atoms with Crippen molar-refractivity contribution in [1.82, 2.24) is 26.6 Å². The first-order valence-electron chi connectivity index (χ1n) is 13.6. The summed E-state index contributed by atoms with van der Waals surface area (Å²) < 4.78 is 0. The van der Waals surface area contributed by atoms with E-state index in [1.54, 1.807) is 60.7 Å². The number of carboxylic acid groups (broad SMARTS) is 1. The molecule has 4 atom stereocenters. The van der Waals surface area contributed by atoms with Crippen molar-refractivity contribution in [2.75, 3.05) is 13.1 Å². The molecule has 0 radical (unpaired) electrons. The number of nitrogens with one attached hydrogen (secondary N) is 7. The van der Waals surface area contributed by atoms with Crippen molar-refractivity contribution in [3.05, 3.63) is 71.8 Å². The number of nitrogens with two attached hydrogens (primary N) is 3. The highest BCUT2D eigenvalue weighted by Crippen LogP contribution is 2.17. The van der Waals surface area contributed by atoms with Gasteiger partial charge < -0.3 is 48.9 Å². The van der Waals surface area contributed by atoms with Crippen LogP contribution in [0.2, 0.25) is 0 Å². The summed E-state index contributed by atoms with van der Waals surface area (Å²) in [6.07, 6.45) is 0.683. The number of aliphatic carboxylic acids is 1. The maximum absolute atomic E-state index is 13.6. The van der Waals surface area contributed by atoms with Crippen LogP contribution in [-0.4, -0.2) is 65.9 Å². The van der Waals surface area contributed by atoms with Crippen LogP contribution in [0.4, 0.5) is 0 Å². The summed E-state index contributed by atoms with van der Waals surface area (Å²) in [5, 5.41) is 37.1. The predicted molar refractivity (Wildman–Crippen MR) is 160 cm³/mol. The van der Waals surface area contributed by atoms with Crippen molar-refractivity contribution < 1.29 is 24.3 Å². The molecule has 0 aliphatic rings. The molecule has 2 aromatic carbocycles. The van der Waals surface area contributed by atoms with Crippen LogP contribution < -0.4 is 43.8 Å². The molecule has 0 unspecified atom stereocenters. The Morgan fingerprint density at radius 1 is 0.674 bits per heavy atom. The Labute approximate surface area is 249 Å². The minimum atomic E-state index is -1.27. The second-order valence-electron chi connectivity index (χ2n) is 9.67. The van der Waals surface area contributed by atoms with Gasteiger partial charge in [0, 0.05) is 13.1 Å². The molecule has 0 saturated carbocycles. The van der Waals surface area contributed by atoms with E-state index < -0.39 is 47.9 Å². The van der Waals surface area contributed by atoms with Crippen LogP contribution in [0.25, 0.3) is 0 Å². The topological polar surface area (TPSA) is 274 Å². The molecule has 3 amide bonds. The first kappa shape index (κ1) is 34.0. The molecular formula is C28H40N10O5. The summed E-state index contributed by atoms with van der Waals surface area (Å²) in [6, 6.07) is 12.3. The molecule has 0 fully saturated rings. The SMILES string of the molecule is N=C(N)NCCC[C@H](NC(=O)[C@H](CCCNC(=N)N)NC(=O)[C@@H](NC(=O)[C@@H](N)c1ccccc1)c1ccccc1)C(=O)O. The lowest BCUT2D eigenvalue weighted by molar-refractivity contribution is -0.142. The molecule has 0 heterocycles. The van der Waals surface area contributed by atoms with Gasteiger partial charge in [0.05, 0.1) is 0 Å². The van der Waals surface area contributed by atoms with Gasteiger partial charge in [-0.1, -0.05) is 60.7 Å². The van der Waals surface area contributed by atoms with Gasteiger partial charge in [-0.3, -0.25) is 25.2 Å². The molecule has 43 heavy (non-hydrogen) atoms. The zero-order chi connectivity index (χ0) is 31.8. The number of hydrogen-bond acceptors (Lipinski definition) is 7. The van der Waals surface area contributed by atoms with E-state index in [4.69, 9.17) is 28.0 Å². The van der Waals surface area contributed by atoms with Crippen molar-refractivity contribution in [3.8, 4) is 0 Å². The smallest absolute Gasteiger partial charge is 0.326 e. The molecule has 2 aromatic rings. The van der Waals surface area contributed by atoms with E-state index >= 15 is 0 Å². The average Bonchev–Trinajstić information content (AvgIpc) is 2.98. The standard InChI is InChI=1S/C28H40N10O5/c29-21(17-9-3-1-4-10-17)24(40)38-22(18-11-5-2-6-12-18)25(41)36-19(13-7-15-34-27(30)31)23(39)37-20(26(42)43)14-8-16-35-28(32)33/h1-6,9-12,19-22H,7-8,13-16,29H2,(H,36,41)(H,37,39)(H,38,40)(H,42,43)(H4,30,31,34)(H4,32,33,35)/t19-,20-,21-,22-/m0/s1. The molecule has 0 aliphatic carbocycles. The van der Waals surface area contributed by atoms with Gasteiger partial charge in [0.2, 0.25) is 17.7 Å². The minimum Gasteiger partial charge on any atom is -0.480 e. The van der Waals surface area contributed by atoms with Gasteiger partial charge in [-0.15, -0.1) is 0 Å². The van der Waals surface area contributed by atoms with Crippen LogP contribution in [0.5, 0.6) is 0 Å². The lowest BCUT2D eigenvalue weighted by Gasteiger charge is -2.25. The maximum atomic E-state index is 13.6. The van der Waals surface area contributed by atoms with Gasteiger partial charge in [0.1, 0.15) is 24.2 Å². The van der Waals surface area contributed by atoms with Crippen LogP contribution in [-0.2, 0) is 19.2 Å². The Kier molecular flexibility index (Phi) is 13.9. The molecule has 0 aliphatic heterocycles. The lowest BCUT2D eigenvalue weighted by Crippen LogP contribution is -2.54. The first-order chi connectivity index (χ1) is 20.5.